The Morgan fingerprint density at radius 2 is 1.91 bits per heavy atom. The van der Waals surface area contributed by atoms with Crippen LogP contribution in [-0.4, -0.2) is 51.4 Å². The fraction of sp³-hybridized carbons (Fsp3) is 0.562. The maximum absolute atomic E-state index is 12.6. The van der Waals surface area contributed by atoms with E-state index in [9.17, 15) is 13.2 Å². The summed E-state index contributed by atoms with van der Waals surface area (Å²) in [5.41, 5.74) is 0.508. The second kappa shape index (κ2) is 6.13. The lowest BCUT2D eigenvalue weighted by atomic mass is 10.1. The third kappa shape index (κ3) is 4.03. The van der Waals surface area contributed by atoms with Crippen molar-refractivity contribution in [3.05, 3.63) is 24.3 Å². The van der Waals surface area contributed by atoms with Crippen molar-refractivity contribution >= 4 is 21.6 Å². The molecule has 1 aromatic rings. The van der Waals surface area contributed by atoms with Crippen LogP contribution >= 0.6 is 0 Å². The quantitative estimate of drug-likeness (QED) is 0.901. The molecule has 6 nitrogen and oxygen atoms in total. The molecular weight excluding hydrogens is 314 g/mol. The normalized spacial score (nSPS) is 19.3. The van der Waals surface area contributed by atoms with Gasteiger partial charge >= 0.3 is 0 Å². The van der Waals surface area contributed by atoms with Crippen molar-refractivity contribution < 1.29 is 13.2 Å². The van der Waals surface area contributed by atoms with Crippen molar-refractivity contribution in [2.45, 2.75) is 43.7 Å². The van der Waals surface area contributed by atoms with E-state index < -0.39 is 16.1 Å². The van der Waals surface area contributed by atoms with Gasteiger partial charge in [0, 0.05) is 44.3 Å². The standard InChI is InChI=1S/C16H25N3O3S/c1-16(2,3)19-11-12(9-15(19)20)17-23(21,22)14-8-6-7-13(10-14)18(4)5/h6-8,10,12,17H,9,11H2,1-5H3. The minimum atomic E-state index is -3.65. The fourth-order valence-electron chi connectivity index (χ4n) is 2.65. The summed E-state index contributed by atoms with van der Waals surface area (Å²) in [5, 5.41) is 0. The van der Waals surface area contributed by atoms with Crippen LogP contribution in [0.2, 0.25) is 0 Å². The van der Waals surface area contributed by atoms with E-state index in [0.29, 0.717) is 6.54 Å². The van der Waals surface area contributed by atoms with Crippen LogP contribution in [0.5, 0.6) is 0 Å². The second-order valence-electron chi connectivity index (χ2n) is 7.09. The van der Waals surface area contributed by atoms with Gasteiger partial charge in [-0.15, -0.1) is 0 Å². The molecule has 2 rings (SSSR count). The molecule has 1 N–H and O–H groups in total. The van der Waals surface area contributed by atoms with Crippen molar-refractivity contribution in [2.24, 2.45) is 0 Å². The number of sulfonamides is 1. The number of carbonyl (C=O) groups is 1. The zero-order valence-corrected chi connectivity index (χ0v) is 15.1. The highest BCUT2D eigenvalue weighted by Gasteiger charge is 2.38. The largest absolute Gasteiger partial charge is 0.378 e. The van der Waals surface area contributed by atoms with Gasteiger partial charge in [0.25, 0.3) is 0 Å². The fourth-order valence-corrected chi connectivity index (χ4v) is 3.92. The van der Waals surface area contributed by atoms with Crippen LogP contribution in [0.1, 0.15) is 27.2 Å². The van der Waals surface area contributed by atoms with E-state index in [2.05, 4.69) is 4.72 Å². The predicted octanol–water partition coefficient (Wildman–Crippen LogP) is 1.43. The molecule has 1 fully saturated rings. The van der Waals surface area contributed by atoms with E-state index in [1.165, 1.54) is 0 Å². The molecular formula is C16H25N3O3S. The van der Waals surface area contributed by atoms with Crippen LogP contribution in [0, 0.1) is 0 Å². The van der Waals surface area contributed by atoms with Crippen LogP contribution in [0.3, 0.4) is 0 Å². The smallest absolute Gasteiger partial charge is 0.240 e. The highest BCUT2D eigenvalue weighted by Crippen LogP contribution is 2.24. The van der Waals surface area contributed by atoms with E-state index in [1.54, 1.807) is 23.1 Å². The Morgan fingerprint density at radius 3 is 2.43 bits per heavy atom. The topological polar surface area (TPSA) is 69.7 Å². The summed E-state index contributed by atoms with van der Waals surface area (Å²) in [7, 11) is 0.0667. The minimum absolute atomic E-state index is 0.0211. The molecule has 0 saturated carbocycles. The average molecular weight is 339 g/mol. The molecule has 1 amide bonds. The third-order valence-corrected chi connectivity index (χ3v) is 5.42. The molecule has 128 valence electrons. The minimum Gasteiger partial charge on any atom is -0.378 e. The third-order valence-electron chi connectivity index (χ3n) is 3.90. The molecule has 0 radical (unpaired) electrons. The Balaban J connectivity index is 2.17. The van der Waals surface area contributed by atoms with Gasteiger partial charge in [-0.3, -0.25) is 4.79 Å². The van der Waals surface area contributed by atoms with E-state index >= 15 is 0 Å². The molecule has 1 aromatic carbocycles. The Kier molecular flexibility index (Phi) is 4.73. The Hall–Kier alpha value is -1.60. The molecule has 0 aromatic heterocycles. The molecule has 0 bridgehead atoms. The van der Waals surface area contributed by atoms with Crippen molar-refractivity contribution in [1.82, 2.24) is 9.62 Å². The number of amides is 1. The van der Waals surface area contributed by atoms with Gasteiger partial charge in [0.15, 0.2) is 0 Å². The monoisotopic (exact) mass is 339 g/mol. The summed E-state index contributed by atoms with van der Waals surface area (Å²) in [4.78, 5) is 15.9. The van der Waals surface area contributed by atoms with Crippen LogP contribution < -0.4 is 9.62 Å². The second-order valence-corrected chi connectivity index (χ2v) is 8.80. The zero-order chi connectivity index (χ0) is 17.4. The Labute approximate surface area is 138 Å². The summed E-state index contributed by atoms with van der Waals surface area (Å²) in [6.07, 6.45) is 0.198. The first-order valence-corrected chi connectivity index (χ1v) is 9.09. The van der Waals surface area contributed by atoms with E-state index in [1.807, 2.05) is 45.8 Å². The van der Waals surface area contributed by atoms with Crippen molar-refractivity contribution in [1.29, 1.82) is 0 Å². The SMILES string of the molecule is CN(C)c1cccc(S(=O)(=O)NC2CC(=O)N(C(C)(C)C)C2)c1. The van der Waals surface area contributed by atoms with Crippen molar-refractivity contribution in [2.75, 3.05) is 25.5 Å². The van der Waals surface area contributed by atoms with Crippen LogP contribution in [0.15, 0.2) is 29.2 Å². The molecule has 23 heavy (non-hydrogen) atoms. The number of nitrogens with one attached hydrogen (secondary N) is 1. The maximum Gasteiger partial charge on any atom is 0.240 e. The molecule has 1 atom stereocenters. The Bertz CT molecular complexity index is 693. The molecule has 1 saturated heterocycles. The van der Waals surface area contributed by atoms with Crippen molar-refractivity contribution in [3.8, 4) is 0 Å². The predicted molar refractivity (Wildman–Crippen MR) is 91.0 cm³/mol. The number of rotatable bonds is 4. The van der Waals surface area contributed by atoms with Crippen LogP contribution in [0.4, 0.5) is 5.69 Å². The zero-order valence-electron chi connectivity index (χ0n) is 14.3. The number of likely N-dealkylation sites (tertiary alicyclic amines) is 1. The van der Waals surface area contributed by atoms with Gasteiger partial charge in [0.1, 0.15) is 0 Å². The van der Waals surface area contributed by atoms with Crippen LogP contribution in [-0.2, 0) is 14.8 Å². The van der Waals surface area contributed by atoms with Gasteiger partial charge in [-0.25, -0.2) is 13.1 Å². The number of nitrogens with zero attached hydrogens (tertiary/aromatic N) is 2. The van der Waals surface area contributed by atoms with Gasteiger partial charge in [-0.1, -0.05) is 6.07 Å². The number of hydrogen-bond acceptors (Lipinski definition) is 4. The van der Waals surface area contributed by atoms with Gasteiger partial charge in [-0.2, -0.15) is 0 Å². The lowest BCUT2D eigenvalue weighted by Crippen LogP contribution is -2.44. The Morgan fingerprint density at radius 1 is 1.26 bits per heavy atom. The van der Waals surface area contributed by atoms with Crippen molar-refractivity contribution in [3.63, 3.8) is 0 Å². The van der Waals surface area contributed by atoms with E-state index in [-0.39, 0.29) is 22.8 Å². The average Bonchev–Trinajstić information content (AvgIpc) is 2.79. The highest BCUT2D eigenvalue weighted by atomic mass is 32.2. The lowest BCUT2D eigenvalue weighted by molar-refractivity contribution is -0.131. The molecule has 1 aliphatic rings. The van der Waals surface area contributed by atoms with E-state index in [4.69, 9.17) is 0 Å². The summed E-state index contributed by atoms with van der Waals surface area (Å²) in [5.74, 6) is -0.0211. The van der Waals surface area contributed by atoms with Crippen LogP contribution in [0.25, 0.3) is 0 Å². The maximum atomic E-state index is 12.6. The van der Waals surface area contributed by atoms with Gasteiger partial charge < -0.3 is 9.80 Å². The summed E-state index contributed by atoms with van der Waals surface area (Å²) in [6.45, 7) is 6.24. The van der Waals surface area contributed by atoms with Gasteiger partial charge in [0.2, 0.25) is 15.9 Å². The number of hydrogen-bond donors (Lipinski definition) is 1. The molecule has 1 heterocycles. The number of anilines is 1. The number of benzene rings is 1. The summed E-state index contributed by atoms with van der Waals surface area (Å²) in [6, 6.07) is 6.36. The molecule has 7 heteroatoms. The molecule has 1 aliphatic heterocycles. The molecule has 0 aliphatic carbocycles. The van der Waals surface area contributed by atoms with E-state index in [0.717, 1.165) is 5.69 Å². The summed E-state index contributed by atoms with van der Waals surface area (Å²) >= 11 is 0. The molecule has 0 spiro atoms. The van der Waals surface area contributed by atoms with Gasteiger partial charge in [0.05, 0.1) is 4.90 Å². The van der Waals surface area contributed by atoms with Gasteiger partial charge in [-0.05, 0) is 39.0 Å². The first-order valence-electron chi connectivity index (χ1n) is 7.61. The summed E-state index contributed by atoms with van der Waals surface area (Å²) < 4.78 is 27.8. The first-order chi connectivity index (χ1) is 10.5. The number of carbonyl (C=O) groups excluding carboxylic acids is 1. The molecule has 1 unspecified atom stereocenters. The lowest BCUT2D eigenvalue weighted by Gasteiger charge is -2.32. The first kappa shape index (κ1) is 17.7. The highest BCUT2D eigenvalue weighted by molar-refractivity contribution is 7.89.